The Balaban J connectivity index is 3.00. The molecule has 1 rings (SSSR count). The molecule has 0 unspecified atom stereocenters. The van der Waals surface area contributed by atoms with E-state index in [2.05, 4.69) is 27.2 Å². The number of ether oxygens (including phenoxy) is 1. The van der Waals surface area contributed by atoms with Crippen LogP contribution in [-0.4, -0.2) is 7.11 Å². The third-order valence-electron chi connectivity index (χ3n) is 2.24. The highest BCUT2D eigenvalue weighted by Gasteiger charge is 2.13. The monoisotopic (exact) mass is 151 g/mol. The first-order valence-corrected chi connectivity index (χ1v) is 3.91. The lowest BCUT2D eigenvalue weighted by Gasteiger charge is -2.19. The van der Waals surface area contributed by atoms with Gasteiger partial charge in [-0.1, -0.05) is 5.57 Å². The van der Waals surface area contributed by atoms with Gasteiger partial charge in [0.25, 0.3) is 0 Å². The van der Waals surface area contributed by atoms with E-state index < -0.39 is 0 Å². The number of allylic oxidation sites excluding steroid dienone is 3. The van der Waals surface area contributed by atoms with Crippen LogP contribution in [0, 0.1) is 6.42 Å². The van der Waals surface area contributed by atoms with Crippen molar-refractivity contribution in [3.8, 4) is 0 Å². The lowest BCUT2D eigenvalue weighted by atomic mass is 9.93. The van der Waals surface area contributed by atoms with E-state index in [1.54, 1.807) is 7.11 Å². The fraction of sp³-hybridized carbons (Fsp3) is 0.500. The van der Waals surface area contributed by atoms with E-state index in [4.69, 9.17) is 4.74 Å². The van der Waals surface area contributed by atoms with Crippen LogP contribution in [0.15, 0.2) is 22.5 Å². The van der Waals surface area contributed by atoms with Crippen molar-refractivity contribution in [2.24, 2.45) is 0 Å². The van der Waals surface area contributed by atoms with Crippen LogP contribution in [0.5, 0.6) is 0 Å². The summed E-state index contributed by atoms with van der Waals surface area (Å²) in [7, 11) is 1.74. The molecule has 1 aliphatic rings. The lowest BCUT2D eigenvalue weighted by Crippen LogP contribution is -2.03. The highest BCUT2D eigenvalue weighted by molar-refractivity contribution is 5.40. The molecule has 1 nitrogen and oxygen atoms in total. The normalized spacial score (nSPS) is 19.3. The van der Waals surface area contributed by atoms with E-state index in [1.165, 1.54) is 16.7 Å². The van der Waals surface area contributed by atoms with Crippen LogP contribution >= 0.6 is 0 Å². The summed E-state index contributed by atoms with van der Waals surface area (Å²) in [6.07, 6.45) is 3.28. The van der Waals surface area contributed by atoms with Crippen LogP contribution in [0.1, 0.15) is 27.2 Å². The topological polar surface area (TPSA) is 9.23 Å². The average Bonchev–Trinajstić information content (AvgIpc) is 1.99. The Bertz CT molecular complexity index is 221. The number of hydrogen-bond acceptors (Lipinski definition) is 1. The largest absolute Gasteiger partial charge is 0.497 e. The SMILES string of the molecule is COC1=C(C)C[CH]C(C)=C1C. The van der Waals surface area contributed by atoms with Gasteiger partial charge in [-0.15, -0.1) is 0 Å². The predicted octanol–water partition coefficient (Wildman–Crippen LogP) is 2.85. The lowest BCUT2D eigenvalue weighted by molar-refractivity contribution is 0.293. The van der Waals surface area contributed by atoms with Gasteiger partial charge in [0.1, 0.15) is 5.76 Å². The van der Waals surface area contributed by atoms with E-state index in [0.29, 0.717) is 0 Å². The Morgan fingerprint density at radius 2 is 1.91 bits per heavy atom. The molecule has 61 valence electrons. The first kappa shape index (κ1) is 8.38. The second-order valence-electron chi connectivity index (χ2n) is 3.03. The van der Waals surface area contributed by atoms with Gasteiger partial charge in [-0.3, -0.25) is 0 Å². The third-order valence-corrected chi connectivity index (χ3v) is 2.24. The molecule has 0 amide bonds. The summed E-state index contributed by atoms with van der Waals surface area (Å²) in [5, 5.41) is 0. The van der Waals surface area contributed by atoms with E-state index in [-0.39, 0.29) is 0 Å². The van der Waals surface area contributed by atoms with E-state index in [1.807, 2.05) is 0 Å². The van der Waals surface area contributed by atoms with Crippen LogP contribution < -0.4 is 0 Å². The number of hydrogen-bond donors (Lipinski definition) is 0. The van der Waals surface area contributed by atoms with Gasteiger partial charge in [-0.2, -0.15) is 0 Å². The van der Waals surface area contributed by atoms with Gasteiger partial charge in [0.2, 0.25) is 0 Å². The Morgan fingerprint density at radius 3 is 2.36 bits per heavy atom. The van der Waals surface area contributed by atoms with Crippen LogP contribution in [0.3, 0.4) is 0 Å². The van der Waals surface area contributed by atoms with Gasteiger partial charge in [0, 0.05) is 0 Å². The highest BCUT2D eigenvalue weighted by atomic mass is 16.5. The van der Waals surface area contributed by atoms with Gasteiger partial charge < -0.3 is 4.74 Å². The van der Waals surface area contributed by atoms with Gasteiger partial charge >= 0.3 is 0 Å². The first-order chi connectivity index (χ1) is 5.16. The molecule has 0 N–H and O–H groups in total. The maximum Gasteiger partial charge on any atom is 0.120 e. The van der Waals surface area contributed by atoms with Crippen molar-refractivity contribution in [3.05, 3.63) is 28.9 Å². The molecule has 1 heteroatoms. The van der Waals surface area contributed by atoms with Crippen molar-refractivity contribution >= 4 is 0 Å². The summed E-state index contributed by atoms with van der Waals surface area (Å²) in [5.74, 6) is 1.07. The summed E-state index contributed by atoms with van der Waals surface area (Å²) < 4.78 is 5.29. The molecule has 0 bridgehead atoms. The minimum Gasteiger partial charge on any atom is -0.497 e. The zero-order chi connectivity index (χ0) is 8.43. The molecule has 1 radical (unpaired) electrons. The van der Waals surface area contributed by atoms with Crippen molar-refractivity contribution in [1.29, 1.82) is 0 Å². The summed E-state index contributed by atoms with van der Waals surface area (Å²) in [5.41, 5.74) is 3.94. The second-order valence-corrected chi connectivity index (χ2v) is 3.03. The van der Waals surface area contributed by atoms with Crippen molar-refractivity contribution in [3.63, 3.8) is 0 Å². The molecule has 1 aliphatic carbocycles. The van der Waals surface area contributed by atoms with Crippen molar-refractivity contribution in [1.82, 2.24) is 0 Å². The molecule has 0 heterocycles. The molecule has 0 spiro atoms. The van der Waals surface area contributed by atoms with Gasteiger partial charge in [0.05, 0.1) is 7.11 Å². The maximum atomic E-state index is 5.29. The van der Waals surface area contributed by atoms with E-state index in [0.717, 1.165) is 12.2 Å². The smallest absolute Gasteiger partial charge is 0.120 e. The molecule has 0 saturated heterocycles. The molecule has 0 fully saturated rings. The molecular formula is C10H15O. The highest BCUT2D eigenvalue weighted by Crippen LogP contribution is 2.28. The standard InChI is InChI=1S/C10H15O/c1-7-5-6-8(2)10(11-4)9(7)3/h5H,6H2,1-4H3. The van der Waals surface area contributed by atoms with Gasteiger partial charge in [-0.05, 0) is 44.8 Å². The fourth-order valence-electron chi connectivity index (χ4n) is 1.38. The molecule has 11 heavy (non-hydrogen) atoms. The van der Waals surface area contributed by atoms with Crippen LogP contribution in [0.2, 0.25) is 0 Å². The molecule has 0 atom stereocenters. The van der Waals surface area contributed by atoms with Crippen molar-refractivity contribution in [2.75, 3.05) is 7.11 Å². The van der Waals surface area contributed by atoms with Gasteiger partial charge in [-0.25, -0.2) is 0 Å². The molecular weight excluding hydrogens is 136 g/mol. The first-order valence-electron chi connectivity index (χ1n) is 3.91. The summed E-state index contributed by atoms with van der Waals surface area (Å²) in [6, 6.07) is 0. The Hall–Kier alpha value is -0.720. The summed E-state index contributed by atoms with van der Waals surface area (Å²) >= 11 is 0. The predicted molar refractivity (Wildman–Crippen MR) is 47.0 cm³/mol. The minimum absolute atomic E-state index is 1.03. The summed E-state index contributed by atoms with van der Waals surface area (Å²) in [6.45, 7) is 6.35. The average molecular weight is 151 g/mol. The third kappa shape index (κ3) is 1.47. The Morgan fingerprint density at radius 1 is 1.27 bits per heavy atom. The zero-order valence-corrected chi connectivity index (χ0v) is 7.69. The number of methoxy groups -OCH3 is 1. The number of rotatable bonds is 1. The molecule has 0 aromatic heterocycles. The molecule has 0 aliphatic heterocycles. The minimum atomic E-state index is 1.03. The molecule has 0 saturated carbocycles. The van der Waals surface area contributed by atoms with Crippen LogP contribution in [-0.2, 0) is 4.74 Å². The Labute approximate surface area is 68.8 Å². The van der Waals surface area contributed by atoms with Crippen molar-refractivity contribution < 1.29 is 4.74 Å². The quantitative estimate of drug-likeness (QED) is 0.560. The summed E-state index contributed by atoms with van der Waals surface area (Å²) in [4.78, 5) is 0. The van der Waals surface area contributed by atoms with E-state index in [9.17, 15) is 0 Å². The van der Waals surface area contributed by atoms with Gasteiger partial charge in [0.15, 0.2) is 0 Å². The molecule has 0 aromatic carbocycles. The Kier molecular flexibility index (Phi) is 2.38. The second kappa shape index (κ2) is 3.12. The van der Waals surface area contributed by atoms with Crippen molar-refractivity contribution in [2.45, 2.75) is 27.2 Å². The van der Waals surface area contributed by atoms with Crippen LogP contribution in [0.4, 0.5) is 0 Å². The van der Waals surface area contributed by atoms with E-state index >= 15 is 0 Å². The molecule has 0 aromatic rings. The zero-order valence-electron chi connectivity index (χ0n) is 7.69. The maximum absolute atomic E-state index is 5.29. The fourth-order valence-corrected chi connectivity index (χ4v) is 1.38. The van der Waals surface area contributed by atoms with Crippen LogP contribution in [0.25, 0.3) is 0 Å².